The smallest absolute Gasteiger partial charge is 0.303 e. The van der Waals surface area contributed by atoms with Crippen LogP contribution >= 0.6 is 0 Å². The maximum atomic E-state index is 12.2. The van der Waals surface area contributed by atoms with Crippen LogP contribution in [0.25, 0.3) is 0 Å². The van der Waals surface area contributed by atoms with Gasteiger partial charge in [-0.05, 0) is 32.1 Å². The van der Waals surface area contributed by atoms with Gasteiger partial charge in [0.05, 0.1) is 33.0 Å². The van der Waals surface area contributed by atoms with Gasteiger partial charge in [-0.25, -0.2) is 0 Å². The van der Waals surface area contributed by atoms with Gasteiger partial charge in [0.2, 0.25) is 17.7 Å². The first-order valence-electron chi connectivity index (χ1n) is 21.0. The molecule has 1 atom stereocenters. The molecule has 0 aromatic heterocycles. The molecule has 0 aromatic carbocycles. The van der Waals surface area contributed by atoms with Crippen molar-refractivity contribution in [3.63, 3.8) is 0 Å². The normalized spacial score (nSPS) is 11.7. The molecule has 0 spiro atoms. The minimum Gasteiger partial charge on any atom is -0.481 e. The molecule has 0 radical (unpaired) electrons. The van der Waals surface area contributed by atoms with Gasteiger partial charge in [-0.2, -0.15) is 0 Å². The lowest BCUT2D eigenvalue weighted by Gasteiger charge is -2.13. The van der Waals surface area contributed by atoms with Crippen molar-refractivity contribution in [1.82, 2.24) is 10.6 Å². The van der Waals surface area contributed by atoms with Crippen LogP contribution in [0.5, 0.6) is 0 Å². The Labute approximate surface area is 330 Å². The predicted molar refractivity (Wildman–Crippen MR) is 211 cm³/mol. The van der Waals surface area contributed by atoms with E-state index >= 15 is 0 Å². The molecule has 0 bridgehead atoms. The molecule has 55 heavy (non-hydrogen) atoms. The summed E-state index contributed by atoms with van der Waals surface area (Å²) in [7, 11) is 0. The molecule has 14 heteroatoms. The van der Waals surface area contributed by atoms with Crippen LogP contribution in [0.3, 0.4) is 0 Å². The number of nitrogens with two attached hydrogens (primary N) is 1. The zero-order chi connectivity index (χ0) is 40.6. The second-order valence-corrected chi connectivity index (χ2v) is 14.2. The molecule has 3 amide bonds. The quantitative estimate of drug-likeness (QED) is 0.0559. The third-order valence-corrected chi connectivity index (χ3v) is 9.15. The van der Waals surface area contributed by atoms with Gasteiger partial charge in [-0.3, -0.25) is 28.8 Å². The fourth-order valence-electron chi connectivity index (χ4n) is 5.87. The van der Waals surface area contributed by atoms with E-state index < -0.39 is 17.8 Å². The number of carboxylic acid groups (broad SMARTS) is 1. The van der Waals surface area contributed by atoms with E-state index in [1.54, 1.807) is 6.92 Å². The molecule has 1 unspecified atom stereocenters. The highest BCUT2D eigenvalue weighted by Crippen LogP contribution is 2.15. The van der Waals surface area contributed by atoms with Crippen LogP contribution in [-0.4, -0.2) is 106 Å². The fourth-order valence-corrected chi connectivity index (χ4v) is 5.87. The number of primary amides is 1. The molecule has 320 valence electrons. The van der Waals surface area contributed by atoms with E-state index in [1.807, 2.05) is 0 Å². The van der Waals surface area contributed by atoms with Crippen LogP contribution in [0, 0.1) is 5.92 Å². The molecule has 0 aliphatic heterocycles. The van der Waals surface area contributed by atoms with Gasteiger partial charge in [-0.15, -0.1) is 0 Å². The molecule has 14 nitrogen and oxygen atoms in total. The summed E-state index contributed by atoms with van der Waals surface area (Å²) in [6, 6.07) is 0. The van der Waals surface area contributed by atoms with E-state index in [0.29, 0.717) is 77.7 Å². The summed E-state index contributed by atoms with van der Waals surface area (Å²) in [6.45, 7) is 4.22. The van der Waals surface area contributed by atoms with Crippen LogP contribution in [0.1, 0.15) is 155 Å². The molecule has 0 heterocycles. The Kier molecular flexibility index (Phi) is 37.2. The Balaban J connectivity index is 3.47. The van der Waals surface area contributed by atoms with E-state index in [-0.39, 0.29) is 69.4 Å². The summed E-state index contributed by atoms with van der Waals surface area (Å²) in [5, 5.41) is 14.1. The second kappa shape index (κ2) is 39.3. The molecular weight excluding hydrogens is 710 g/mol. The third kappa shape index (κ3) is 39.1. The number of ketones is 2. The zero-order valence-corrected chi connectivity index (χ0v) is 34.0. The summed E-state index contributed by atoms with van der Waals surface area (Å²) in [5.41, 5.74) is 5.44. The van der Waals surface area contributed by atoms with Crippen LogP contribution in [0.2, 0.25) is 0 Å². The average molecular weight is 786 g/mol. The summed E-state index contributed by atoms with van der Waals surface area (Å²) in [5.74, 6) is -1.99. The van der Waals surface area contributed by atoms with Gasteiger partial charge in [0.1, 0.15) is 19.0 Å². The first-order valence-corrected chi connectivity index (χ1v) is 21.0. The topological polar surface area (TPSA) is 210 Å². The van der Waals surface area contributed by atoms with Gasteiger partial charge in [0.15, 0.2) is 5.78 Å². The Morgan fingerprint density at radius 2 is 1.00 bits per heavy atom. The molecule has 0 aliphatic carbocycles. The summed E-state index contributed by atoms with van der Waals surface area (Å²) < 4.78 is 21.6. The van der Waals surface area contributed by atoms with Crippen molar-refractivity contribution in [2.45, 2.75) is 155 Å². The Morgan fingerprint density at radius 1 is 0.509 bits per heavy atom. The zero-order valence-electron chi connectivity index (χ0n) is 34.0. The summed E-state index contributed by atoms with van der Waals surface area (Å²) in [4.78, 5) is 69.7. The molecule has 5 N–H and O–H groups in total. The van der Waals surface area contributed by atoms with Gasteiger partial charge in [0, 0.05) is 57.7 Å². The van der Waals surface area contributed by atoms with E-state index in [4.69, 9.17) is 29.8 Å². The van der Waals surface area contributed by atoms with Crippen LogP contribution < -0.4 is 16.4 Å². The summed E-state index contributed by atoms with van der Waals surface area (Å²) in [6.07, 6.45) is 20.8. The number of hydrogen-bond donors (Lipinski definition) is 4. The Morgan fingerprint density at radius 3 is 1.56 bits per heavy atom. The highest BCUT2D eigenvalue weighted by Gasteiger charge is 2.19. The number of unbranched alkanes of at least 4 members (excludes halogenated alkanes) is 14. The minimum absolute atomic E-state index is 0.0195. The standard InChI is InChI=1S/C41H75N3O11/c1-2-38(47)43-24-18-17-20-35(41(42)51)32-37(46)33-54-30-29-53-27-25-44-39(48)34-55-31-28-52-26-19-22-36(45)21-15-13-11-9-7-5-3-4-6-8-10-12-14-16-23-40(49)50/h35H,2-34H2,1H3,(H2,42,51)(H,43,47)(H,44,48)(H,49,50). The van der Waals surface area contributed by atoms with Crippen molar-refractivity contribution in [1.29, 1.82) is 0 Å². The van der Waals surface area contributed by atoms with E-state index in [0.717, 1.165) is 32.1 Å². The SMILES string of the molecule is CCC(=O)NCCCCC(CC(=O)COCCOCCNC(=O)COCCOCCCC(=O)CCCCCCCCCCCCCCCCC(=O)O)C(N)=O. The number of carboxylic acids is 1. The highest BCUT2D eigenvalue weighted by atomic mass is 16.5. The van der Waals surface area contributed by atoms with Gasteiger partial charge in [0.25, 0.3) is 0 Å². The molecule has 0 aliphatic rings. The van der Waals surface area contributed by atoms with Crippen molar-refractivity contribution in [3.05, 3.63) is 0 Å². The number of carbonyl (C=O) groups is 6. The number of amides is 3. The molecule has 0 fully saturated rings. The van der Waals surface area contributed by atoms with Crippen LogP contribution in [0.15, 0.2) is 0 Å². The largest absolute Gasteiger partial charge is 0.481 e. The van der Waals surface area contributed by atoms with Crippen molar-refractivity contribution >= 4 is 35.3 Å². The lowest BCUT2D eigenvalue weighted by Crippen LogP contribution is -2.31. The van der Waals surface area contributed by atoms with Crippen molar-refractivity contribution < 1.29 is 52.8 Å². The first-order chi connectivity index (χ1) is 26.6. The number of nitrogens with one attached hydrogen (secondary N) is 2. The van der Waals surface area contributed by atoms with Gasteiger partial charge >= 0.3 is 5.97 Å². The molecule has 0 saturated carbocycles. The van der Waals surface area contributed by atoms with E-state index in [9.17, 15) is 28.8 Å². The van der Waals surface area contributed by atoms with E-state index in [2.05, 4.69) is 10.6 Å². The lowest BCUT2D eigenvalue weighted by molar-refractivity contribution is -0.137. The lowest BCUT2D eigenvalue weighted by atomic mass is 9.95. The monoisotopic (exact) mass is 786 g/mol. The second-order valence-electron chi connectivity index (χ2n) is 14.2. The fraction of sp³-hybridized carbons (Fsp3) is 0.854. The number of hydrogen-bond acceptors (Lipinski definition) is 10. The van der Waals surface area contributed by atoms with Crippen molar-refractivity contribution in [2.24, 2.45) is 11.7 Å². The minimum atomic E-state index is -0.693. The van der Waals surface area contributed by atoms with Crippen LogP contribution in [-0.2, 0) is 47.7 Å². The highest BCUT2D eigenvalue weighted by molar-refractivity contribution is 5.86. The van der Waals surface area contributed by atoms with Gasteiger partial charge in [-0.1, -0.05) is 90.4 Å². The number of rotatable bonds is 43. The first kappa shape index (κ1) is 52.1. The average Bonchev–Trinajstić information content (AvgIpc) is 3.15. The third-order valence-electron chi connectivity index (χ3n) is 9.15. The Bertz CT molecular complexity index is 1010. The van der Waals surface area contributed by atoms with E-state index in [1.165, 1.54) is 57.8 Å². The van der Waals surface area contributed by atoms with Crippen LogP contribution in [0.4, 0.5) is 0 Å². The maximum absolute atomic E-state index is 12.2. The molecule has 0 aromatic rings. The maximum Gasteiger partial charge on any atom is 0.303 e. The number of Topliss-reactive ketones (excluding diaryl/α,β-unsaturated/α-hetero) is 2. The number of ether oxygens (including phenoxy) is 4. The summed E-state index contributed by atoms with van der Waals surface area (Å²) >= 11 is 0. The molecule has 0 saturated heterocycles. The van der Waals surface area contributed by atoms with Gasteiger partial charge < -0.3 is 40.4 Å². The molecule has 0 rings (SSSR count). The number of carbonyl (C=O) groups excluding carboxylic acids is 5. The number of aliphatic carboxylic acids is 1. The Hall–Kier alpha value is -2.94. The van der Waals surface area contributed by atoms with Crippen molar-refractivity contribution in [3.8, 4) is 0 Å². The predicted octanol–water partition coefficient (Wildman–Crippen LogP) is 5.60. The molecular formula is C41H75N3O11. The van der Waals surface area contributed by atoms with Crippen molar-refractivity contribution in [2.75, 3.05) is 65.9 Å².